The fourth-order valence-corrected chi connectivity index (χ4v) is 1.61. The Kier molecular flexibility index (Phi) is 5.04. The van der Waals surface area contributed by atoms with Crippen LogP contribution in [0.4, 0.5) is 5.69 Å². The van der Waals surface area contributed by atoms with E-state index in [0.717, 1.165) is 6.33 Å². The first kappa shape index (κ1) is 15.4. The SMILES string of the molecule is COc1ncnc(Oc2ccc(OCCO)cc2)c1[N+](=O)[O-]. The van der Waals surface area contributed by atoms with Gasteiger partial charge in [0.2, 0.25) is 0 Å². The number of nitrogens with zero attached hydrogens (tertiary/aromatic N) is 3. The summed E-state index contributed by atoms with van der Waals surface area (Å²) < 4.78 is 15.4. The Morgan fingerprint density at radius 1 is 1.18 bits per heavy atom. The number of methoxy groups -OCH3 is 1. The predicted octanol–water partition coefficient (Wildman–Crippen LogP) is 1.56. The van der Waals surface area contributed by atoms with Gasteiger partial charge in [0.1, 0.15) is 24.4 Å². The van der Waals surface area contributed by atoms with Gasteiger partial charge in [-0.2, -0.15) is 9.97 Å². The van der Waals surface area contributed by atoms with Gasteiger partial charge in [-0.25, -0.2) is 0 Å². The molecule has 0 saturated heterocycles. The van der Waals surface area contributed by atoms with Crippen molar-refractivity contribution >= 4 is 5.69 Å². The van der Waals surface area contributed by atoms with Crippen LogP contribution in [0.5, 0.6) is 23.3 Å². The molecule has 1 aromatic carbocycles. The van der Waals surface area contributed by atoms with E-state index in [9.17, 15) is 10.1 Å². The number of aliphatic hydroxyl groups excluding tert-OH is 1. The molecule has 9 heteroatoms. The van der Waals surface area contributed by atoms with Crippen molar-refractivity contribution < 1.29 is 24.2 Å². The highest BCUT2D eigenvalue weighted by Gasteiger charge is 2.25. The zero-order chi connectivity index (χ0) is 15.9. The van der Waals surface area contributed by atoms with E-state index in [2.05, 4.69) is 9.97 Å². The second-order valence-electron chi connectivity index (χ2n) is 3.94. The Hall–Kier alpha value is -2.94. The molecular formula is C13H13N3O6. The molecule has 2 rings (SSSR count). The summed E-state index contributed by atoms with van der Waals surface area (Å²) in [6, 6.07) is 6.33. The van der Waals surface area contributed by atoms with Crippen molar-refractivity contribution in [3.05, 3.63) is 40.7 Å². The van der Waals surface area contributed by atoms with E-state index in [-0.39, 0.29) is 25.0 Å². The number of hydrogen-bond acceptors (Lipinski definition) is 8. The van der Waals surface area contributed by atoms with Crippen LogP contribution < -0.4 is 14.2 Å². The number of nitro groups is 1. The molecule has 22 heavy (non-hydrogen) atoms. The highest BCUT2D eigenvalue weighted by Crippen LogP contribution is 2.35. The minimum atomic E-state index is -0.674. The van der Waals surface area contributed by atoms with E-state index >= 15 is 0 Å². The molecule has 0 aliphatic heterocycles. The monoisotopic (exact) mass is 307 g/mol. The molecule has 0 amide bonds. The molecule has 0 bridgehead atoms. The quantitative estimate of drug-likeness (QED) is 0.605. The first-order chi connectivity index (χ1) is 10.7. The smallest absolute Gasteiger partial charge is 0.392 e. The molecule has 0 radical (unpaired) electrons. The summed E-state index contributed by atoms with van der Waals surface area (Å²) in [5, 5.41) is 19.8. The number of benzene rings is 1. The van der Waals surface area contributed by atoms with E-state index < -0.39 is 10.6 Å². The first-order valence-corrected chi connectivity index (χ1v) is 6.20. The summed E-state index contributed by atoms with van der Waals surface area (Å²) >= 11 is 0. The molecule has 9 nitrogen and oxygen atoms in total. The summed E-state index contributed by atoms with van der Waals surface area (Å²) in [6.45, 7) is 0.0833. The van der Waals surface area contributed by atoms with Crippen molar-refractivity contribution in [1.29, 1.82) is 0 Å². The van der Waals surface area contributed by atoms with Gasteiger partial charge >= 0.3 is 17.4 Å². The summed E-state index contributed by atoms with van der Waals surface area (Å²) in [7, 11) is 1.27. The van der Waals surface area contributed by atoms with Gasteiger partial charge in [0, 0.05) is 0 Å². The lowest BCUT2D eigenvalue weighted by molar-refractivity contribution is -0.387. The van der Waals surface area contributed by atoms with Gasteiger partial charge in [-0.1, -0.05) is 0 Å². The number of ether oxygens (including phenoxy) is 3. The largest absolute Gasteiger partial charge is 0.491 e. The van der Waals surface area contributed by atoms with E-state index in [4.69, 9.17) is 19.3 Å². The third kappa shape index (κ3) is 3.58. The number of hydrogen-bond donors (Lipinski definition) is 1. The highest BCUT2D eigenvalue weighted by molar-refractivity contribution is 5.50. The van der Waals surface area contributed by atoms with E-state index in [0.29, 0.717) is 11.5 Å². The first-order valence-electron chi connectivity index (χ1n) is 6.20. The van der Waals surface area contributed by atoms with Crippen molar-refractivity contribution in [3.8, 4) is 23.3 Å². The Morgan fingerprint density at radius 2 is 1.82 bits per heavy atom. The highest BCUT2D eigenvalue weighted by atomic mass is 16.6. The van der Waals surface area contributed by atoms with Crippen LogP contribution in [-0.2, 0) is 0 Å². The summed E-state index contributed by atoms with van der Waals surface area (Å²) in [5.41, 5.74) is -0.453. The minimum absolute atomic E-state index is 0.0921. The van der Waals surface area contributed by atoms with Crippen molar-refractivity contribution in [2.24, 2.45) is 0 Å². The molecule has 2 aromatic rings. The maximum atomic E-state index is 11.1. The van der Waals surface area contributed by atoms with Gasteiger partial charge in [-0.05, 0) is 24.3 Å². The average molecular weight is 307 g/mol. The lowest BCUT2D eigenvalue weighted by atomic mass is 10.3. The molecule has 0 saturated carbocycles. The molecule has 1 heterocycles. The van der Waals surface area contributed by atoms with Gasteiger partial charge in [0.25, 0.3) is 0 Å². The number of rotatable bonds is 7. The van der Waals surface area contributed by atoms with Crippen molar-refractivity contribution in [2.75, 3.05) is 20.3 Å². The van der Waals surface area contributed by atoms with Gasteiger partial charge in [0.05, 0.1) is 18.6 Å². The summed E-state index contributed by atoms with van der Waals surface area (Å²) in [5.74, 6) is 0.468. The van der Waals surface area contributed by atoms with Crippen molar-refractivity contribution in [1.82, 2.24) is 9.97 Å². The molecule has 116 valence electrons. The zero-order valence-electron chi connectivity index (χ0n) is 11.6. The van der Waals surface area contributed by atoms with Crippen LogP contribution >= 0.6 is 0 Å². The molecule has 0 unspecified atom stereocenters. The maximum Gasteiger partial charge on any atom is 0.392 e. The second kappa shape index (κ2) is 7.18. The van der Waals surface area contributed by atoms with Crippen LogP contribution in [0.3, 0.4) is 0 Å². The number of aliphatic hydroxyl groups is 1. The fourth-order valence-electron chi connectivity index (χ4n) is 1.61. The van der Waals surface area contributed by atoms with Crippen molar-refractivity contribution in [3.63, 3.8) is 0 Å². The molecule has 1 N–H and O–H groups in total. The summed E-state index contributed by atoms with van der Waals surface area (Å²) in [4.78, 5) is 17.8. The van der Waals surface area contributed by atoms with E-state index in [1.807, 2.05) is 0 Å². The Labute approximate surface area is 125 Å². The van der Waals surface area contributed by atoms with Crippen LogP contribution in [-0.4, -0.2) is 40.3 Å². The van der Waals surface area contributed by atoms with Crippen LogP contribution in [0.2, 0.25) is 0 Å². The lowest BCUT2D eigenvalue weighted by Crippen LogP contribution is -2.02. The van der Waals surface area contributed by atoms with Crippen LogP contribution in [0, 0.1) is 10.1 Å². The second-order valence-corrected chi connectivity index (χ2v) is 3.94. The fraction of sp³-hybridized carbons (Fsp3) is 0.231. The molecule has 0 aliphatic carbocycles. The molecule has 1 aromatic heterocycles. The van der Waals surface area contributed by atoms with Gasteiger partial charge in [0.15, 0.2) is 0 Å². The molecule has 0 atom stereocenters. The van der Waals surface area contributed by atoms with Crippen LogP contribution in [0.1, 0.15) is 0 Å². The van der Waals surface area contributed by atoms with Crippen LogP contribution in [0.25, 0.3) is 0 Å². The molecular weight excluding hydrogens is 294 g/mol. The lowest BCUT2D eigenvalue weighted by Gasteiger charge is -2.08. The van der Waals surface area contributed by atoms with Gasteiger partial charge in [-0.15, -0.1) is 0 Å². The topological polar surface area (TPSA) is 117 Å². The van der Waals surface area contributed by atoms with Crippen molar-refractivity contribution in [2.45, 2.75) is 0 Å². The normalized spacial score (nSPS) is 10.1. The Bertz CT molecular complexity index is 647. The third-order valence-electron chi connectivity index (χ3n) is 2.53. The Balaban J connectivity index is 2.22. The van der Waals surface area contributed by atoms with Crippen LogP contribution in [0.15, 0.2) is 30.6 Å². The van der Waals surface area contributed by atoms with E-state index in [1.54, 1.807) is 24.3 Å². The van der Waals surface area contributed by atoms with Gasteiger partial charge in [-0.3, -0.25) is 10.1 Å². The minimum Gasteiger partial charge on any atom is -0.491 e. The number of aromatic nitrogens is 2. The maximum absolute atomic E-state index is 11.1. The standard InChI is InChI=1S/C13H13N3O6/c1-20-12-11(16(18)19)13(15-8-14-12)22-10-4-2-9(3-5-10)21-7-6-17/h2-5,8,17H,6-7H2,1H3. The molecule has 0 fully saturated rings. The molecule has 0 aliphatic rings. The molecule has 0 spiro atoms. The summed E-state index contributed by atoms with van der Waals surface area (Å²) in [6.07, 6.45) is 1.11. The zero-order valence-corrected chi connectivity index (χ0v) is 11.6. The van der Waals surface area contributed by atoms with E-state index in [1.165, 1.54) is 7.11 Å². The average Bonchev–Trinajstić information content (AvgIpc) is 2.53. The Morgan fingerprint density at radius 3 is 2.41 bits per heavy atom. The third-order valence-corrected chi connectivity index (χ3v) is 2.53. The van der Waals surface area contributed by atoms with Gasteiger partial charge < -0.3 is 19.3 Å². The predicted molar refractivity (Wildman–Crippen MR) is 74.3 cm³/mol.